The Kier molecular flexibility index (Phi) is 8.67. The SMILES string of the molecule is CC/C(C)=C(/NC(=O)c1ccc([B]C2CCN(C)CC2)cc1)c1ccc(Nc2ccccc2F)cc1N. The Labute approximate surface area is 220 Å². The van der Waals surface area contributed by atoms with Gasteiger partial charge >= 0.3 is 0 Å². The molecule has 1 amide bonds. The number of hydrogen-bond donors (Lipinski definition) is 3. The van der Waals surface area contributed by atoms with Crippen LogP contribution in [-0.4, -0.2) is 38.2 Å². The van der Waals surface area contributed by atoms with E-state index in [2.05, 4.69) is 29.9 Å². The maximum Gasteiger partial charge on any atom is 0.255 e. The largest absolute Gasteiger partial charge is 0.398 e. The molecule has 0 atom stereocenters. The van der Waals surface area contributed by atoms with Crippen LogP contribution in [0.4, 0.5) is 21.5 Å². The van der Waals surface area contributed by atoms with Crippen LogP contribution in [0.3, 0.4) is 0 Å². The highest BCUT2D eigenvalue weighted by molar-refractivity contribution is 6.55. The smallest absolute Gasteiger partial charge is 0.255 e. The monoisotopic (exact) mass is 497 g/mol. The highest BCUT2D eigenvalue weighted by Crippen LogP contribution is 2.29. The number of anilines is 3. The predicted octanol–water partition coefficient (Wildman–Crippen LogP) is 5.57. The van der Waals surface area contributed by atoms with Gasteiger partial charge in [-0.3, -0.25) is 4.79 Å². The highest BCUT2D eigenvalue weighted by Gasteiger charge is 2.19. The van der Waals surface area contributed by atoms with Gasteiger partial charge in [-0.1, -0.05) is 54.6 Å². The summed E-state index contributed by atoms with van der Waals surface area (Å²) in [6.07, 6.45) is 3.09. The van der Waals surface area contributed by atoms with Crippen molar-refractivity contribution in [3.8, 4) is 0 Å². The quantitative estimate of drug-likeness (QED) is 0.281. The first-order valence-electron chi connectivity index (χ1n) is 12.9. The fourth-order valence-corrected chi connectivity index (χ4v) is 4.57. The highest BCUT2D eigenvalue weighted by atomic mass is 19.1. The van der Waals surface area contributed by atoms with Crippen LogP contribution >= 0.6 is 0 Å². The number of nitrogens with zero attached hydrogens (tertiary/aromatic N) is 1. The molecular formula is C30H35BFN4O. The Morgan fingerprint density at radius 2 is 1.78 bits per heavy atom. The number of nitrogen functional groups attached to an aromatic ring is 1. The van der Waals surface area contributed by atoms with Gasteiger partial charge in [-0.2, -0.15) is 0 Å². The number of halogens is 1. The maximum absolute atomic E-state index is 14.0. The van der Waals surface area contributed by atoms with Crippen molar-refractivity contribution in [2.24, 2.45) is 0 Å². The summed E-state index contributed by atoms with van der Waals surface area (Å²) in [6.45, 7) is 6.27. The molecule has 3 aromatic carbocycles. The number of amides is 1. The van der Waals surface area contributed by atoms with Crippen LogP contribution in [0.1, 0.15) is 49.0 Å². The van der Waals surface area contributed by atoms with E-state index < -0.39 is 0 Å². The van der Waals surface area contributed by atoms with Gasteiger partial charge in [-0.15, -0.1) is 0 Å². The Hall–Kier alpha value is -3.58. The van der Waals surface area contributed by atoms with Crippen molar-refractivity contribution in [3.63, 3.8) is 0 Å². The molecule has 7 heteroatoms. The summed E-state index contributed by atoms with van der Waals surface area (Å²) in [6, 6.07) is 19.7. The van der Waals surface area contributed by atoms with Gasteiger partial charge in [0.2, 0.25) is 0 Å². The second-order valence-electron chi connectivity index (χ2n) is 9.80. The molecule has 0 unspecified atom stereocenters. The lowest BCUT2D eigenvalue weighted by atomic mass is 9.56. The average molecular weight is 497 g/mol. The van der Waals surface area contributed by atoms with Crippen molar-refractivity contribution in [1.82, 2.24) is 10.2 Å². The molecule has 0 spiro atoms. The van der Waals surface area contributed by atoms with Gasteiger partial charge in [0.05, 0.1) is 5.69 Å². The maximum atomic E-state index is 14.0. The van der Waals surface area contributed by atoms with Gasteiger partial charge in [0.15, 0.2) is 7.28 Å². The molecule has 1 aliphatic heterocycles. The minimum absolute atomic E-state index is 0.179. The van der Waals surface area contributed by atoms with Crippen LogP contribution in [-0.2, 0) is 0 Å². The van der Waals surface area contributed by atoms with E-state index in [-0.39, 0.29) is 11.7 Å². The number of benzene rings is 3. The molecule has 4 rings (SSSR count). The van der Waals surface area contributed by atoms with E-state index in [4.69, 9.17) is 5.73 Å². The second-order valence-corrected chi connectivity index (χ2v) is 9.80. The molecule has 4 N–H and O–H groups in total. The first-order chi connectivity index (χ1) is 17.8. The van der Waals surface area contributed by atoms with Crippen molar-refractivity contribution in [3.05, 3.63) is 89.2 Å². The normalized spacial score (nSPS) is 15.1. The van der Waals surface area contributed by atoms with Gasteiger partial charge in [0, 0.05) is 28.2 Å². The zero-order valence-corrected chi connectivity index (χ0v) is 21.9. The van der Waals surface area contributed by atoms with Crippen molar-refractivity contribution in [1.29, 1.82) is 0 Å². The van der Waals surface area contributed by atoms with Gasteiger partial charge in [0.25, 0.3) is 5.91 Å². The number of rotatable bonds is 8. The Balaban J connectivity index is 1.47. The third-order valence-electron chi connectivity index (χ3n) is 7.03. The fourth-order valence-electron chi connectivity index (χ4n) is 4.57. The number of allylic oxidation sites excluding steroid dienone is 1. The van der Waals surface area contributed by atoms with Crippen molar-refractivity contribution < 1.29 is 9.18 Å². The number of nitrogens with two attached hydrogens (primary N) is 1. The van der Waals surface area contributed by atoms with Crippen LogP contribution in [0, 0.1) is 5.82 Å². The number of para-hydroxylation sites is 1. The van der Waals surface area contributed by atoms with E-state index in [0.717, 1.165) is 36.1 Å². The van der Waals surface area contributed by atoms with Gasteiger partial charge in [0.1, 0.15) is 5.82 Å². The predicted molar refractivity (Wildman–Crippen MR) is 153 cm³/mol. The van der Waals surface area contributed by atoms with Crippen LogP contribution in [0.2, 0.25) is 5.82 Å². The molecule has 0 aliphatic carbocycles. The fraction of sp³-hybridized carbons (Fsp3) is 0.300. The first-order valence-corrected chi connectivity index (χ1v) is 12.9. The van der Waals surface area contributed by atoms with E-state index >= 15 is 0 Å². The zero-order chi connectivity index (χ0) is 26.4. The molecule has 1 aliphatic rings. The molecule has 0 aromatic heterocycles. The Bertz CT molecular complexity index is 1270. The standard InChI is InChI=1S/C30H35BFN4O/c1-4-20(2)29(25-14-13-24(19-27(25)33)34-28-8-6-5-7-26(28)32)35-30(37)21-9-11-22(12-10-21)31-23-15-17-36(3)18-16-23/h5-14,19,23,34H,4,15-18,33H2,1-3H3,(H,35,37)/b29-20+. The zero-order valence-electron chi connectivity index (χ0n) is 21.9. The van der Waals surface area contributed by atoms with Crippen LogP contribution in [0.5, 0.6) is 0 Å². The average Bonchev–Trinajstić information content (AvgIpc) is 2.90. The minimum Gasteiger partial charge on any atom is -0.398 e. The van der Waals surface area contributed by atoms with Crippen LogP contribution in [0.15, 0.2) is 72.3 Å². The van der Waals surface area contributed by atoms with Gasteiger partial charge < -0.3 is 21.3 Å². The number of carbonyl (C=O) groups excluding carboxylic acids is 1. The number of nitrogens with one attached hydrogen (secondary N) is 2. The summed E-state index contributed by atoms with van der Waals surface area (Å²) in [5, 5.41) is 6.15. The number of piperidine rings is 1. The molecule has 191 valence electrons. The Morgan fingerprint density at radius 3 is 2.43 bits per heavy atom. The van der Waals surface area contributed by atoms with Crippen molar-refractivity contribution in [2.75, 3.05) is 31.2 Å². The second kappa shape index (κ2) is 12.1. The minimum atomic E-state index is -0.338. The van der Waals surface area contributed by atoms with Gasteiger partial charge in [-0.25, -0.2) is 4.39 Å². The van der Waals surface area contributed by atoms with E-state index in [9.17, 15) is 9.18 Å². The van der Waals surface area contributed by atoms with Crippen LogP contribution in [0.25, 0.3) is 5.70 Å². The third kappa shape index (κ3) is 6.80. The number of hydrogen-bond acceptors (Lipinski definition) is 4. The van der Waals surface area contributed by atoms with Crippen molar-refractivity contribution >= 4 is 41.4 Å². The summed E-state index contributed by atoms with van der Waals surface area (Å²) in [7, 11) is 4.48. The summed E-state index contributed by atoms with van der Waals surface area (Å²) in [4.78, 5) is 15.5. The summed E-state index contributed by atoms with van der Waals surface area (Å²) in [5.74, 6) is 0.0628. The third-order valence-corrected chi connectivity index (χ3v) is 7.03. The number of likely N-dealkylation sites (tertiary alicyclic amines) is 1. The van der Waals surface area contributed by atoms with E-state index in [1.165, 1.54) is 18.9 Å². The van der Waals surface area contributed by atoms with Crippen LogP contribution < -0.4 is 21.8 Å². The Morgan fingerprint density at radius 1 is 1.08 bits per heavy atom. The summed E-state index contributed by atoms with van der Waals surface area (Å²) >= 11 is 0. The van der Waals surface area contributed by atoms with E-state index in [1.54, 1.807) is 24.3 Å². The topological polar surface area (TPSA) is 70.4 Å². The molecule has 1 fully saturated rings. The summed E-state index contributed by atoms with van der Waals surface area (Å²) in [5.41, 5.74) is 12.1. The molecule has 1 saturated heterocycles. The first kappa shape index (κ1) is 26.5. The molecule has 3 aromatic rings. The van der Waals surface area contributed by atoms with Crippen molar-refractivity contribution in [2.45, 2.75) is 38.9 Å². The lowest BCUT2D eigenvalue weighted by Gasteiger charge is -2.28. The molecule has 1 heterocycles. The molecule has 37 heavy (non-hydrogen) atoms. The molecule has 5 nitrogen and oxygen atoms in total. The van der Waals surface area contributed by atoms with E-state index in [0.29, 0.717) is 34.1 Å². The lowest BCUT2D eigenvalue weighted by molar-refractivity contribution is 0.0973. The molecular weight excluding hydrogens is 462 g/mol. The van der Waals surface area contributed by atoms with Gasteiger partial charge in [-0.05, 0) is 82.2 Å². The van der Waals surface area contributed by atoms with E-state index in [1.807, 2.05) is 50.2 Å². The molecule has 0 bridgehead atoms. The molecule has 0 saturated carbocycles. The number of carbonyl (C=O) groups is 1. The summed E-state index contributed by atoms with van der Waals surface area (Å²) < 4.78 is 14.0. The molecule has 1 radical (unpaired) electrons. The lowest BCUT2D eigenvalue weighted by Crippen LogP contribution is -2.33.